The second kappa shape index (κ2) is 9.97. The van der Waals surface area contributed by atoms with Crippen molar-refractivity contribution in [2.75, 3.05) is 12.0 Å². The largest absolute Gasteiger partial charge is 0.467 e. The molecule has 0 radical (unpaired) electrons. The van der Waals surface area contributed by atoms with Crippen molar-refractivity contribution in [3.05, 3.63) is 60.7 Å². The highest BCUT2D eigenvalue weighted by molar-refractivity contribution is 5.90. The van der Waals surface area contributed by atoms with Crippen molar-refractivity contribution in [2.45, 2.75) is 44.7 Å². The van der Waals surface area contributed by atoms with E-state index >= 15 is 0 Å². The van der Waals surface area contributed by atoms with E-state index in [1.54, 1.807) is 29.7 Å². The summed E-state index contributed by atoms with van der Waals surface area (Å²) in [5, 5.41) is 3.03. The van der Waals surface area contributed by atoms with Crippen molar-refractivity contribution in [3.63, 3.8) is 0 Å². The quantitative estimate of drug-likeness (QED) is 0.651. The average Bonchev–Trinajstić information content (AvgIpc) is 2.85. The number of aromatic nitrogens is 4. The molecule has 4 rings (SSSR count). The van der Waals surface area contributed by atoms with Gasteiger partial charge in [-0.25, -0.2) is 24.7 Å². The van der Waals surface area contributed by atoms with Crippen LogP contribution in [0.1, 0.15) is 37.7 Å². The minimum Gasteiger partial charge on any atom is -0.467 e. The summed E-state index contributed by atoms with van der Waals surface area (Å²) in [5.74, 6) is 0.413. The number of carbonyl (C=O) groups excluding carboxylic acids is 1. The third-order valence-corrected chi connectivity index (χ3v) is 5.44. The van der Waals surface area contributed by atoms with Gasteiger partial charge >= 0.3 is 12.0 Å². The van der Waals surface area contributed by atoms with E-state index in [-0.39, 0.29) is 12.1 Å². The summed E-state index contributed by atoms with van der Waals surface area (Å²) in [6.07, 6.45) is 12.1. The van der Waals surface area contributed by atoms with Crippen molar-refractivity contribution >= 4 is 12.0 Å². The average molecular weight is 419 g/mol. The number of ether oxygens (including phenoxy) is 1. The molecular weight excluding hydrogens is 392 g/mol. The van der Waals surface area contributed by atoms with Crippen LogP contribution in [0, 0.1) is 0 Å². The second-order valence-corrected chi connectivity index (χ2v) is 7.54. The summed E-state index contributed by atoms with van der Waals surface area (Å²) in [4.78, 5) is 32.1. The standard InChI is InChI=1S/C23H26N6O2/c1-31-22-26-15-19(16-27-22)18-13-24-21(25-14-18)29(20-10-6-3-7-11-20)23(30)28-12-17-8-4-2-5-9-17/h2,4-5,8-9,13-16,20H,3,6-7,10-12H2,1H3,(H,28,30). The number of hydrogen-bond donors (Lipinski definition) is 1. The van der Waals surface area contributed by atoms with Gasteiger partial charge in [0, 0.05) is 48.5 Å². The number of carbonyl (C=O) groups is 1. The fourth-order valence-electron chi connectivity index (χ4n) is 3.78. The second-order valence-electron chi connectivity index (χ2n) is 7.54. The lowest BCUT2D eigenvalue weighted by molar-refractivity contribution is 0.240. The number of nitrogens with zero attached hydrogens (tertiary/aromatic N) is 5. The zero-order valence-electron chi connectivity index (χ0n) is 17.6. The molecular formula is C23H26N6O2. The maximum Gasteiger partial charge on any atom is 0.324 e. The van der Waals surface area contributed by atoms with Crippen LogP contribution in [0.2, 0.25) is 0 Å². The van der Waals surface area contributed by atoms with Crippen molar-refractivity contribution in [1.82, 2.24) is 25.3 Å². The van der Waals surface area contributed by atoms with Gasteiger partial charge in [0.15, 0.2) is 0 Å². The lowest BCUT2D eigenvalue weighted by Crippen LogP contribution is -2.47. The summed E-state index contributed by atoms with van der Waals surface area (Å²) < 4.78 is 5.00. The van der Waals surface area contributed by atoms with Crippen LogP contribution in [-0.4, -0.2) is 39.1 Å². The van der Waals surface area contributed by atoms with Crippen LogP contribution in [0.5, 0.6) is 6.01 Å². The SMILES string of the molecule is COc1ncc(-c2cnc(N(C(=O)NCc3ccccc3)C3CCCCC3)nc2)cn1. The first-order chi connectivity index (χ1) is 15.2. The Hall–Kier alpha value is -3.55. The Balaban J connectivity index is 1.53. The van der Waals surface area contributed by atoms with E-state index in [9.17, 15) is 4.79 Å². The first kappa shape index (κ1) is 20.7. The molecule has 3 aromatic rings. The Bertz CT molecular complexity index is 973. The molecule has 1 saturated carbocycles. The van der Waals surface area contributed by atoms with Crippen molar-refractivity contribution in [3.8, 4) is 17.1 Å². The highest BCUT2D eigenvalue weighted by Crippen LogP contribution is 2.26. The number of rotatable bonds is 6. The molecule has 0 bridgehead atoms. The fraction of sp³-hybridized carbons (Fsp3) is 0.348. The van der Waals surface area contributed by atoms with Gasteiger partial charge in [0.2, 0.25) is 5.95 Å². The molecule has 160 valence electrons. The van der Waals surface area contributed by atoms with Gasteiger partial charge in [-0.15, -0.1) is 0 Å². The summed E-state index contributed by atoms with van der Waals surface area (Å²) in [5.41, 5.74) is 2.61. The topological polar surface area (TPSA) is 93.1 Å². The molecule has 1 aliphatic rings. The zero-order valence-corrected chi connectivity index (χ0v) is 17.6. The minimum absolute atomic E-state index is 0.0969. The summed E-state index contributed by atoms with van der Waals surface area (Å²) in [6.45, 7) is 0.462. The van der Waals surface area contributed by atoms with Crippen molar-refractivity contribution in [2.24, 2.45) is 0 Å². The highest BCUT2D eigenvalue weighted by atomic mass is 16.5. The van der Waals surface area contributed by atoms with Gasteiger partial charge in [-0.05, 0) is 18.4 Å². The fourth-order valence-corrected chi connectivity index (χ4v) is 3.78. The third-order valence-electron chi connectivity index (χ3n) is 5.44. The normalized spacial score (nSPS) is 14.1. The van der Waals surface area contributed by atoms with E-state index in [1.165, 1.54) is 13.5 Å². The first-order valence-corrected chi connectivity index (χ1v) is 10.5. The lowest BCUT2D eigenvalue weighted by atomic mass is 9.94. The number of nitrogens with one attached hydrogen (secondary N) is 1. The summed E-state index contributed by atoms with van der Waals surface area (Å²) >= 11 is 0. The number of benzene rings is 1. The van der Waals surface area contributed by atoms with E-state index in [4.69, 9.17) is 4.74 Å². The predicted molar refractivity (Wildman–Crippen MR) is 118 cm³/mol. The molecule has 2 heterocycles. The molecule has 8 nitrogen and oxygen atoms in total. The lowest BCUT2D eigenvalue weighted by Gasteiger charge is -2.32. The maximum absolute atomic E-state index is 13.1. The van der Waals surface area contributed by atoms with Crippen molar-refractivity contribution in [1.29, 1.82) is 0 Å². The molecule has 0 saturated heterocycles. The Morgan fingerprint density at radius 1 is 0.968 bits per heavy atom. The van der Waals surface area contributed by atoms with Crippen LogP contribution < -0.4 is 15.0 Å². The Kier molecular flexibility index (Phi) is 6.66. The number of hydrogen-bond acceptors (Lipinski definition) is 6. The van der Waals surface area contributed by atoms with E-state index in [0.717, 1.165) is 42.4 Å². The number of methoxy groups -OCH3 is 1. The van der Waals surface area contributed by atoms with Crippen LogP contribution >= 0.6 is 0 Å². The smallest absolute Gasteiger partial charge is 0.324 e. The van der Waals surface area contributed by atoms with Gasteiger partial charge < -0.3 is 10.1 Å². The Morgan fingerprint density at radius 3 is 2.19 bits per heavy atom. The van der Waals surface area contributed by atoms with Gasteiger partial charge in [0.1, 0.15) is 0 Å². The summed E-state index contributed by atoms with van der Waals surface area (Å²) in [7, 11) is 1.52. The molecule has 2 amide bonds. The molecule has 0 spiro atoms. The number of urea groups is 1. The summed E-state index contributed by atoms with van der Waals surface area (Å²) in [6, 6.07) is 10.1. The molecule has 1 aromatic carbocycles. The van der Waals surface area contributed by atoms with Crippen LogP contribution in [0.15, 0.2) is 55.1 Å². The highest BCUT2D eigenvalue weighted by Gasteiger charge is 2.28. The van der Waals surface area contributed by atoms with Crippen LogP contribution in [0.25, 0.3) is 11.1 Å². The molecule has 0 unspecified atom stereocenters. The van der Waals surface area contributed by atoms with Crippen LogP contribution in [0.3, 0.4) is 0 Å². The number of amides is 2. The van der Waals surface area contributed by atoms with Gasteiger partial charge in [-0.2, -0.15) is 0 Å². The first-order valence-electron chi connectivity index (χ1n) is 10.5. The zero-order chi connectivity index (χ0) is 21.5. The molecule has 1 fully saturated rings. The number of anilines is 1. The van der Waals surface area contributed by atoms with E-state index in [0.29, 0.717) is 18.5 Å². The maximum atomic E-state index is 13.1. The molecule has 1 aliphatic carbocycles. The Labute approximate surface area is 181 Å². The van der Waals surface area contributed by atoms with Gasteiger partial charge in [0.25, 0.3) is 0 Å². The third kappa shape index (κ3) is 5.14. The Morgan fingerprint density at radius 2 is 1.58 bits per heavy atom. The van der Waals surface area contributed by atoms with Gasteiger partial charge in [0.05, 0.1) is 7.11 Å². The monoisotopic (exact) mass is 418 g/mol. The van der Waals surface area contributed by atoms with E-state index in [2.05, 4.69) is 25.3 Å². The minimum atomic E-state index is -0.170. The van der Waals surface area contributed by atoms with E-state index in [1.807, 2.05) is 30.3 Å². The molecule has 8 heteroatoms. The molecule has 31 heavy (non-hydrogen) atoms. The molecule has 2 aromatic heterocycles. The predicted octanol–water partition coefficient (Wildman–Crippen LogP) is 3.99. The van der Waals surface area contributed by atoms with Crippen LogP contribution in [0.4, 0.5) is 10.7 Å². The molecule has 0 atom stereocenters. The van der Waals surface area contributed by atoms with Crippen LogP contribution in [-0.2, 0) is 6.54 Å². The molecule has 0 aliphatic heterocycles. The molecule has 1 N–H and O–H groups in total. The van der Waals surface area contributed by atoms with Gasteiger partial charge in [-0.3, -0.25) is 4.90 Å². The van der Waals surface area contributed by atoms with Gasteiger partial charge in [-0.1, -0.05) is 49.6 Å². The van der Waals surface area contributed by atoms with Crippen molar-refractivity contribution < 1.29 is 9.53 Å². The van der Waals surface area contributed by atoms with E-state index < -0.39 is 0 Å².